The van der Waals surface area contributed by atoms with E-state index in [4.69, 9.17) is 18.7 Å². The number of aryl methyl sites for hydroxylation is 3. The minimum atomic E-state index is -0.551. The van der Waals surface area contributed by atoms with Crippen LogP contribution in [0.1, 0.15) is 44.5 Å². The molecule has 0 unspecified atom stereocenters. The van der Waals surface area contributed by atoms with Crippen LogP contribution in [0.25, 0.3) is 89.1 Å². The summed E-state index contributed by atoms with van der Waals surface area (Å²) in [6.07, 6.45) is 3.80. The predicted octanol–water partition coefficient (Wildman–Crippen LogP) is 13.0. The Morgan fingerprint density at radius 3 is 1.77 bits per heavy atom. The van der Waals surface area contributed by atoms with Gasteiger partial charge in [-0.2, -0.15) is 0 Å². The molecule has 0 bridgehead atoms. The molecular weight excluding hydrogens is 749 g/mol. The Morgan fingerprint density at radius 1 is 0.475 bits per heavy atom. The van der Waals surface area contributed by atoms with Gasteiger partial charge in [-0.15, -0.1) is 0 Å². The number of hydrogen-bond acceptors (Lipinski definition) is 6. The van der Waals surface area contributed by atoms with Gasteiger partial charge in [0.2, 0.25) is 5.71 Å². The summed E-state index contributed by atoms with van der Waals surface area (Å²) < 4.78 is 19.8. The largest absolute Gasteiger partial charge is 0.494 e. The van der Waals surface area contributed by atoms with Gasteiger partial charge in [0.25, 0.3) is 0 Å². The Morgan fingerprint density at radius 2 is 1.10 bits per heavy atom. The average molecular weight is 796 g/mol. The zero-order valence-corrected chi connectivity index (χ0v) is 35.6. The first-order chi connectivity index (χ1) is 29.4. The number of aromatic nitrogens is 3. The quantitative estimate of drug-likeness (QED) is 0.150. The molecule has 1 saturated heterocycles. The fraction of sp³-hybridized carbons (Fsp3) is 0.167. The molecule has 7 heteroatoms. The van der Waals surface area contributed by atoms with Gasteiger partial charge in [-0.1, -0.05) is 97.1 Å². The van der Waals surface area contributed by atoms with Crippen LogP contribution < -0.4 is 5.46 Å². The van der Waals surface area contributed by atoms with Crippen LogP contribution in [0.15, 0.2) is 156 Å². The van der Waals surface area contributed by atoms with Crippen molar-refractivity contribution in [2.75, 3.05) is 0 Å². The number of fused-ring (bicyclic) bond motifs is 3. The Hall–Kier alpha value is -6.67. The Bertz CT molecular complexity index is 3100. The zero-order valence-electron chi connectivity index (χ0n) is 35.6. The zero-order chi connectivity index (χ0) is 42.0. The van der Waals surface area contributed by atoms with E-state index in [1.54, 1.807) is 0 Å². The fourth-order valence-electron chi connectivity index (χ4n) is 8.40. The van der Waals surface area contributed by atoms with Gasteiger partial charge >= 0.3 is 7.12 Å². The molecule has 0 N–H and O–H groups in total. The lowest BCUT2D eigenvalue weighted by Crippen LogP contribution is -2.41. The van der Waals surface area contributed by atoms with Crippen LogP contribution in [0.3, 0.4) is 0 Å². The van der Waals surface area contributed by atoms with E-state index in [2.05, 4.69) is 167 Å². The summed E-state index contributed by atoms with van der Waals surface area (Å²) in [7, 11) is -0.551. The van der Waals surface area contributed by atoms with Crippen molar-refractivity contribution < 1.29 is 13.7 Å². The number of para-hydroxylation sites is 1. The first kappa shape index (κ1) is 38.5. The molecule has 6 nitrogen and oxygen atoms in total. The van der Waals surface area contributed by atoms with Gasteiger partial charge < -0.3 is 13.7 Å². The van der Waals surface area contributed by atoms with Gasteiger partial charge in [0, 0.05) is 45.6 Å². The number of pyridine rings is 3. The topological polar surface area (TPSA) is 70.3 Å². The predicted molar refractivity (Wildman–Crippen MR) is 250 cm³/mol. The molecule has 61 heavy (non-hydrogen) atoms. The van der Waals surface area contributed by atoms with Crippen molar-refractivity contribution >= 4 is 34.7 Å². The van der Waals surface area contributed by atoms with E-state index in [0.29, 0.717) is 5.71 Å². The Balaban J connectivity index is 1.09. The van der Waals surface area contributed by atoms with Crippen molar-refractivity contribution in [1.82, 2.24) is 15.0 Å². The third-order valence-electron chi connectivity index (χ3n) is 12.7. The minimum Gasteiger partial charge on any atom is -0.437 e. The van der Waals surface area contributed by atoms with Crippen LogP contribution in [-0.4, -0.2) is 33.3 Å². The number of benzene rings is 5. The molecule has 5 heterocycles. The SMILES string of the molecule is Cc1ccc2c(n1)oc1c(-c3ccc(-c4ccccc4-c4cc(B5OC(C)(C)C(C)(C)O5)cc(-c5cc(C)c(C)cc5-c5ccc(-c6ccccn6)cc5)c4)cn3)cccc12. The summed E-state index contributed by atoms with van der Waals surface area (Å²) in [5, 5.41) is 2.03. The van der Waals surface area contributed by atoms with Crippen LogP contribution in [0.2, 0.25) is 0 Å². The van der Waals surface area contributed by atoms with E-state index in [-0.39, 0.29) is 0 Å². The summed E-state index contributed by atoms with van der Waals surface area (Å²) in [5.41, 5.74) is 17.3. The highest BCUT2D eigenvalue weighted by atomic mass is 16.7. The maximum atomic E-state index is 6.72. The molecule has 5 aromatic carbocycles. The molecule has 0 aliphatic carbocycles. The standard InChI is InChI=1S/C54H46BN3O3/c1-33-27-47(36-19-21-37(22-20-36)49-17-10-11-26-56-49)48(28-34(33)2)40-29-39(30-41(31-40)55-60-53(4,5)54(6,7)61-55)43-14-9-8-13-42(43)38-23-25-50(57-32-38)46-16-12-15-44-45-24-18-35(3)58-52(45)59-51(44)46/h8-32H,1-7H3. The van der Waals surface area contributed by atoms with Gasteiger partial charge in [0.1, 0.15) is 5.58 Å². The summed E-state index contributed by atoms with van der Waals surface area (Å²) >= 11 is 0. The second-order valence-corrected chi connectivity index (χ2v) is 17.3. The molecule has 0 atom stereocenters. The van der Waals surface area contributed by atoms with Crippen LogP contribution >= 0.6 is 0 Å². The molecule has 1 aliphatic heterocycles. The van der Waals surface area contributed by atoms with Crippen molar-refractivity contribution in [2.24, 2.45) is 0 Å². The average Bonchev–Trinajstić information content (AvgIpc) is 3.75. The highest BCUT2D eigenvalue weighted by molar-refractivity contribution is 6.62. The van der Waals surface area contributed by atoms with E-state index >= 15 is 0 Å². The maximum absolute atomic E-state index is 6.72. The molecule has 0 spiro atoms. The lowest BCUT2D eigenvalue weighted by Gasteiger charge is -2.32. The van der Waals surface area contributed by atoms with Gasteiger partial charge in [-0.05, 0) is 146 Å². The third-order valence-corrected chi connectivity index (χ3v) is 12.7. The highest BCUT2D eigenvalue weighted by Gasteiger charge is 2.51. The van der Waals surface area contributed by atoms with Gasteiger partial charge in [0.15, 0.2) is 0 Å². The number of nitrogens with zero attached hydrogens (tertiary/aromatic N) is 3. The van der Waals surface area contributed by atoms with E-state index < -0.39 is 18.3 Å². The first-order valence-electron chi connectivity index (χ1n) is 20.9. The Labute approximate surface area is 357 Å². The monoisotopic (exact) mass is 795 g/mol. The second kappa shape index (κ2) is 14.8. The van der Waals surface area contributed by atoms with E-state index in [1.165, 1.54) is 11.1 Å². The van der Waals surface area contributed by atoms with Gasteiger partial charge in [-0.3, -0.25) is 9.97 Å². The van der Waals surface area contributed by atoms with E-state index in [0.717, 1.165) is 94.5 Å². The molecule has 10 rings (SSSR count). The third kappa shape index (κ3) is 6.94. The smallest absolute Gasteiger partial charge is 0.437 e. The summed E-state index contributed by atoms with van der Waals surface area (Å²) in [6.45, 7) is 14.8. The summed E-state index contributed by atoms with van der Waals surface area (Å²) in [6, 6.07) is 49.2. The van der Waals surface area contributed by atoms with Gasteiger partial charge in [0.05, 0.1) is 22.6 Å². The molecule has 298 valence electrons. The van der Waals surface area contributed by atoms with Crippen molar-refractivity contribution in [3.8, 4) is 67.0 Å². The van der Waals surface area contributed by atoms with Crippen LogP contribution in [0.4, 0.5) is 0 Å². The van der Waals surface area contributed by atoms with Crippen LogP contribution in [0, 0.1) is 20.8 Å². The highest BCUT2D eigenvalue weighted by Crippen LogP contribution is 2.42. The van der Waals surface area contributed by atoms with Crippen molar-refractivity contribution in [3.05, 3.63) is 169 Å². The molecule has 0 radical (unpaired) electrons. The number of hydrogen-bond donors (Lipinski definition) is 0. The maximum Gasteiger partial charge on any atom is 0.494 e. The first-order valence-corrected chi connectivity index (χ1v) is 20.9. The minimum absolute atomic E-state index is 0.498. The second-order valence-electron chi connectivity index (χ2n) is 17.3. The van der Waals surface area contributed by atoms with Crippen molar-refractivity contribution in [3.63, 3.8) is 0 Å². The van der Waals surface area contributed by atoms with E-state index in [9.17, 15) is 0 Å². The molecule has 9 aromatic rings. The molecule has 1 fully saturated rings. The number of rotatable bonds is 7. The van der Waals surface area contributed by atoms with Gasteiger partial charge in [-0.25, -0.2) is 4.98 Å². The van der Waals surface area contributed by atoms with Crippen molar-refractivity contribution in [1.29, 1.82) is 0 Å². The molecular formula is C54H46BN3O3. The lowest BCUT2D eigenvalue weighted by molar-refractivity contribution is 0.00578. The molecule has 0 saturated carbocycles. The molecule has 1 aliphatic rings. The lowest BCUT2D eigenvalue weighted by atomic mass is 9.75. The van der Waals surface area contributed by atoms with Crippen LogP contribution in [-0.2, 0) is 9.31 Å². The normalized spacial score (nSPS) is 14.6. The van der Waals surface area contributed by atoms with Crippen molar-refractivity contribution in [2.45, 2.75) is 59.7 Å². The summed E-state index contributed by atoms with van der Waals surface area (Å²) in [5.74, 6) is 0. The Kier molecular flexibility index (Phi) is 9.35. The molecule has 4 aromatic heterocycles. The fourth-order valence-corrected chi connectivity index (χ4v) is 8.40. The number of furan rings is 1. The van der Waals surface area contributed by atoms with Crippen LogP contribution in [0.5, 0.6) is 0 Å². The van der Waals surface area contributed by atoms with E-state index in [1.807, 2.05) is 43.6 Å². The summed E-state index contributed by atoms with van der Waals surface area (Å²) in [4.78, 5) is 14.3. The molecule has 0 amide bonds.